The zero-order valence-electron chi connectivity index (χ0n) is 7.01. The maximum atomic E-state index is 10.5. The van der Waals surface area contributed by atoms with Gasteiger partial charge in [-0.25, -0.2) is 0 Å². The summed E-state index contributed by atoms with van der Waals surface area (Å²) in [6, 6.07) is -0.554. The molecule has 12 heavy (non-hydrogen) atoms. The lowest BCUT2D eigenvalue weighted by atomic mass is 10.3. The van der Waals surface area contributed by atoms with Crippen molar-refractivity contribution in [2.75, 3.05) is 0 Å². The molecule has 0 aromatic rings. The van der Waals surface area contributed by atoms with Crippen molar-refractivity contribution in [1.82, 2.24) is 10.6 Å². The van der Waals surface area contributed by atoms with E-state index in [0.29, 0.717) is 0 Å². The highest BCUT2D eigenvalue weighted by molar-refractivity contribution is 7.80. The van der Waals surface area contributed by atoms with E-state index in [0.717, 1.165) is 0 Å². The molecule has 1 radical (unpaired) electrons. The summed E-state index contributed by atoms with van der Waals surface area (Å²) in [7, 11) is 0. The molecule has 0 aliphatic carbocycles. The molecule has 1 unspecified atom stereocenters. The first-order valence-electron chi connectivity index (χ1n) is 3.35. The van der Waals surface area contributed by atoms with E-state index in [9.17, 15) is 9.59 Å². The Morgan fingerprint density at radius 2 is 1.83 bits per heavy atom. The Hall–Kier alpha value is -0.970. The van der Waals surface area contributed by atoms with Gasteiger partial charge in [0.2, 0.25) is 11.8 Å². The minimum absolute atomic E-state index is 0.220. The molecule has 0 heterocycles. The van der Waals surface area contributed by atoms with Gasteiger partial charge >= 0.3 is 0 Å². The maximum Gasteiger partial charge on any atom is 0.221 e. The predicted octanol–water partition coefficient (Wildman–Crippen LogP) is -0.211. The Balaban J connectivity index is 3.93. The summed E-state index contributed by atoms with van der Waals surface area (Å²) in [5.41, 5.74) is 0. The van der Waals surface area contributed by atoms with E-state index < -0.39 is 6.04 Å². The van der Waals surface area contributed by atoms with E-state index in [1.807, 2.05) is 0 Å². The van der Waals surface area contributed by atoms with Crippen LogP contribution in [0.2, 0.25) is 0 Å². The smallest absolute Gasteiger partial charge is 0.221 e. The predicted molar refractivity (Wildman–Crippen MR) is 49.4 cm³/mol. The maximum absolute atomic E-state index is 10.5. The summed E-state index contributed by atoms with van der Waals surface area (Å²) >= 11 is 4.76. The average Bonchev–Trinajstić information content (AvgIpc) is 1.84. The number of nitrogens with one attached hydrogen (secondary N) is 2. The van der Waals surface area contributed by atoms with Gasteiger partial charge in [0.05, 0.1) is 6.04 Å². The first kappa shape index (κ1) is 11.0. The standard InChI is InChI=1S/C7H11N2O2S/c1-4(8-5(2)10)7(12)9-6(3)11/h4H,1H2,2-3H3,(H,8,10)(H,9,11,12). The number of hydrogen-bond acceptors (Lipinski definition) is 3. The number of hydrogen-bond donors (Lipinski definition) is 2. The number of carbonyl (C=O) groups excluding carboxylic acids is 2. The molecule has 0 spiro atoms. The van der Waals surface area contributed by atoms with E-state index >= 15 is 0 Å². The molecule has 0 fully saturated rings. The molecule has 0 bridgehead atoms. The minimum atomic E-state index is -0.554. The molecule has 4 nitrogen and oxygen atoms in total. The second-order valence-corrected chi connectivity index (χ2v) is 2.74. The molecule has 2 amide bonds. The van der Waals surface area contributed by atoms with Crippen LogP contribution in [-0.4, -0.2) is 22.8 Å². The minimum Gasteiger partial charge on any atom is -0.347 e. The van der Waals surface area contributed by atoms with Gasteiger partial charge in [-0.2, -0.15) is 0 Å². The molecule has 67 valence electrons. The second kappa shape index (κ2) is 4.82. The molecule has 2 N–H and O–H groups in total. The van der Waals surface area contributed by atoms with E-state index in [-0.39, 0.29) is 16.8 Å². The lowest BCUT2D eigenvalue weighted by Gasteiger charge is -2.13. The molecule has 0 rings (SSSR count). The Morgan fingerprint density at radius 1 is 1.33 bits per heavy atom. The molecule has 0 aromatic carbocycles. The quantitative estimate of drug-likeness (QED) is 0.588. The molecule has 0 saturated carbocycles. The van der Waals surface area contributed by atoms with Crippen LogP contribution in [-0.2, 0) is 9.59 Å². The summed E-state index contributed by atoms with van der Waals surface area (Å²) in [5.74, 6) is -0.498. The van der Waals surface area contributed by atoms with Crippen molar-refractivity contribution in [3.8, 4) is 0 Å². The van der Waals surface area contributed by atoms with Gasteiger partial charge in [0.1, 0.15) is 4.99 Å². The Kier molecular flexibility index (Phi) is 4.43. The fourth-order valence-electron chi connectivity index (χ4n) is 0.572. The molecule has 0 aromatic heterocycles. The monoisotopic (exact) mass is 187 g/mol. The van der Waals surface area contributed by atoms with Gasteiger partial charge in [-0.15, -0.1) is 0 Å². The molecule has 0 aliphatic heterocycles. The van der Waals surface area contributed by atoms with Crippen LogP contribution in [0.3, 0.4) is 0 Å². The Labute approximate surface area is 76.7 Å². The van der Waals surface area contributed by atoms with Crippen LogP contribution in [0.5, 0.6) is 0 Å². The SMILES string of the molecule is [CH2]C(NC(C)=O)C(=S)NC(C)=O. The first-order valence-corrected chi connectivity index (χ1v) is 3.76. The van der Waals surface area contributed by atoms with E-state index in [4.69, 9.17) is 12.2 Å². The van der Waals surface area contributed by atoms with Crippen LogP contribution >= 0.6 is 12.2 Å². The topological polar surface area (TPSA) is 58.2 Å². The highest BCUT2D eigenvalue weighted by Gasteiger charge is 2.09. The molecular formula is C7H11N2O2S. The van der Waals surface area contributed by atoms with Gasteiger partial charge in [-0.1, -0.05) is 12.2 Å². The second-order valence-electron chi connectivity index (χ2n) is 2.30. The van der Waals surface area contributed by atoms with Crippen LogP contribution in [0.25, 0.3) is 0 Å². The third-order valence-electron chi connectivity index (χ3n) is 0.993. The van der Waals surface area contributed by atoms with Crippen LogP contribution in [0.15, 0.2) is 0 Å². The van der Waals surface area contributed by atoms with Crippen LogP contribution in [0, 0.1) is 6.92 Å². The molecular weight excluding hydrogens is 176 g/mol. The first-order chi connectivity index (χ1) is 5.43. The lowest BCUT2D eigenvalue weighted by Crippen LogP contribution is -2.44. The molecule has 1 atom stereocenters. The highest BCUT2D eigenvalue weighted by atomic mass is 32.1. The fraction of sp³-hybridized carbons (Fsp3) is 0.429. The van der Waals surface area contributed by atoms with Crippen molar-refractivity contribution >= 4 is 29.0 Å². The van der Waals surface area contributed by atoms with Crippen molar-refractivity contribution in [2.45, 2.75) is 19.9 Å². The lowest BCUT2D eigenvalue weighted by molar-refractivity contribution is -0.119. The number of thiocarbonyl (C=S) groups is 1. The van der Waals surface area contributed by atoms with Crippen molar-refractivity contribution in [1.29, 1.82) is 0 Å². The molecule has 0 saturated heterocycles. The third-order valence-corrected chi connectivity index (χ3v) is 1.38. The number of carbonyl (C=O) groups is 2. The average molecular weight is 187 g/mol. The van der Waals surface area contributed by atoms with Crippen molar-refractivity contribution < 1.29 is 9.59 Å². The highest BCUT2D eigenvalue weighted by Crippen LogP contribution is 1.84. The van der Waals surface area contributed by atoms with Gasteiger partial charge in [0.25, 0.3) is 0 Å². The zero-order chi connectivity index (χ0) is 9.72. The fourth-order valence-corrected chi connectivity index (χ4v) is 0.774. The summed E-state index contributed by atoms with van der Waals surface area (Å²) < 4.78 is 0. The van der Waals surface area contributed by atoms with Gasteiger partial charge in [-0.05, 0) is 6.92 Å². The number of amides is 2. The van der Waals surface area contributed by atoms with Gasteiger partial charge in [-0.3, -0.25) is 9.59 Å². The van der Waals surface area contributed by atoms with Crippen molar-refractivity contribution in [3.63, 3.8) is 0 Å². The van der Waals surface area contributed by atoms with Gasteiger partial charge in [0.15, 0.2) is 0 Å². The third kappa shape index (κ3) is 4.79. The van der Waals surface area contributed by atoms with Gasteiger partial charge in [0, 0.05) is 13.8 Å². The van der Waals surface area contributed by atoms with Crippen molar-refractivity contribution in [3.05, 3.63) is 6.92 Å². The van der Waals surface area contributed by atoms with Crippen LogP contribution in [0.4, 0.5) is 0 Å². The van der Waals surface area contributed by atoms with Gasteiger partial charge < -0.3 is 10.6 Å². The van der Waals surface area contributed by atoms with E-state index in [1.165, 1.54) is 13.8 Å². The largest absolute Gasteiger partial charge is 0.347 e. The normalized spacial score (nSPS) is 11.6. The van der Waals surface area contributed by atoms with Crippen LogP contribution < -0.4 is 10.6 Å². The Bertz CT molecular complexity index is 215. The summed E-state index contributed by atoms with van der Waals surface area (Å²) in [4.78, 5) is 21.2. The van der Waals surface area contributed by atoms with E-state index in [2.05, 4.69) is 17.6 Å². The Morgan fingerprint density at radius 3 is 2.17 bits per heavy atom. The summed E-state index contributed by atoms with van der Waals surface area (Å²) in [6.45, 7) is 6.24. The van der Waals surface area contributed by atoms with Crippen LogP contribution in [0.1, 0.15) is 13.8 Å². The molecule has 5 heteroatoms. The zero-order valence-corrected chi connectivity index (χ0v) is 7.83. The summed E-state index contributed by atoms with van der Waals surface area (Å²) in [6.07, 6.45) is 0. The van der Waals surface area contributed by atoms with Crippen molar-refractivity contribution in [2.24, 2.45) is 0 Å². The molecule has 0 aliphatic rings. The summed E-state index contributed by atoms with van der Waals surface area (Å²) in [5, 5.41) is 4.81. The van der Waals surface area contributed by atoms with E-state index in [1.54, 1.807) is 0 Å². The number of rotatable bonds is 2.